The first-order valence-electron chi connectivity index (χ1n) is 8.55. The molecule has 0 fully saturated rings. The first-order chi connectivity index (χ1) is 12.0. The first kappa shape index (κ1) is 17.5. The van der Waals surface area contributed by atoms with E-state index in [0.29, 0.717) is 18.8 Å². The summed E-state index contributed by atoms with van der Waals surface area (Å²) >= 11 is 1.49. The molecular formula is C18H23N5OS. The fourth-order valence-corrected chi connectivity index (χ4v) is 3.52. The maximum atomic E-state index is 12.3. The summed E-state index contributed by atoms with van der Waals surface area (Å²) in [6, 6.07) is 7.94. The van der Waals surface area contributed by atoms with Crippen LogP contribution in [0.4, 0.5) is 5.69 Å². The number of fused-ring (bicyclic) bond motifs is 1. The summed E-state index contributed by atoms with van der Waals surface area (Å²) in [5.74, 6) is 1.49. The summed E-state index contributed by atoms with van der Waals surface area (Å²) in [5, 5.41) is 16.8. The number of carbonyl (C=O) groups excluding carboxylic acids is 1. The van der Waals surface area contributed by atoms with Gasteiger partial charge >= 0.3 is 0 Å². The molecule has 0 aliphatic carbocycles. The Morgan fingerprint density at radius 2 is 1.92 bits per heavy atom. The molecule has 0 aliphatic rings. The maximum absolute atomic E-state index is 12.3. The van der Waals surface area contributed by atoms with Crippen LogP contribution >= 0.6 is 11.3 Å². The average Bonchev–Trinajstić information content (AvgIpc) is 3.12. The Labute approximate surface area is 151 Å². The Morgan fingerprint density at radius 3 is 2.64 bits per heavy atom. The molecule has 0 unspecified atom stereocenters. The second-order valence-electron chi connectivity index (χ2n) is 6.69. The molecule has 2 aromatic heterocycles. The van der Waals surface area contributed by atoms with Crippen molar-refractivity contribution in [2.24, 2.45) is 0 Å². The van der Waals surface area contributed by atoms with Crippen molar-refractivity contribution in [1.82, 2.24) is 19.8 Å². The Bertz CT molecular complexity index is 881. The topological polar surface area (TPSA) is 72.2 Å². The molecule has 1 aromatic carbocycles. The van der Waals surface area contributed by atoms with Gasteiger partial charge in [0, 0.05) is 24.4 Å². The van der Waals surface area contributed by atoms with E-state index in [9.17, 15) is 4.79 Å². The molecule has 132 valence electrons. The van der Waals surface area contributed by atoms with E-state index in [4.69, 9.17) is 0 Å². The van der Waals surface area contributed by atoms with E-state index in [1.165, 1.54) is 11.3 Å². The number of amides is 1. The first-order valence-corrected chi connectivity index (χ1v) is 9.37. The third-order valence-corrected chi connectivity index (χ3v) is 4.95. The van der Waals surface area contributed by atoms with Gasteiger partial charge in [-0.25, -0.2) is 0 Å². The van der Waals surface area contributed by atoms with Gasteiger partial charge in [0.15, 0.2) is 5.82 Å². The highest BCUT2D eigenvalue weighted by Gasteiger charge is 2.15. The van der Waals surface area contributed by atoms with Gasteiger partial charge in [-0.1, -0.05) is 57.2 Å². The Kier molecular flexibility index (Phi) is 5.13. The van der Waals surface area contributed by atoms with E-state index in [2.05, 4.69) is 54.4 Å². The molecule has 0 spiro atoms. The van der Waals surface area contributed by atoms with Crippen molar-refractivity contribution in [3.05, 3.63) is 40.7 Å². The lowest BCUT2D eigenvalue weighted by molar-refractivity contribution is -0.116. The molecule has 1 N–H and O–H groups in total. The van der Waals surface area contributed by atoms with Gasteiger partial charge in [-0.2, -0.15) is 9.61 Å². The number of aromatic nitrogens is 4. The number of rotatable bonds is 6. The highest BCUT2D eigenvalue weighted by molar-refractivity contribution is 7.16. The van der Waals surface area contributed by atoms with Crippen molar-refractivity contribution >= 4 is 27.9 Å². The van der Waals surface area contributed by atoms with Gasteiger partial charge in [0.1, 0.15) is 5.01 Å². The van der Waals surface area contributed by atoms with E-state index >= 15 is 0 Å². The normalized spacial score (nSPS) is 11.6. The van der Waals surface area contributed by atoms with Crippen LogP contribution in [0.5, 0.6) is 0 Å². The van der Waals surface area contributed by atoms with E-state index in [1.807, 2.05) is 18.2 Å². The Hall–Kier alpha value is -2.28. The largest absolute Gasteiger partial charge is 0.326 e. The molecule has 0 radical (unpaired) electrons. The van der Waals surface area contributed by atoms with Crippen LogP contribution < -0.4 is 5.32 Å². The van der Waals surface area contributed by atoms with Crippen molar-refractivity contribution in [2.45, 2.75) is 52.4 Å². The molecule has 0 atom stereocenters. The lowest BCUT2D eigenvalue weighted by Crippen LogP contribution is -2.14. The molecule has 3 aromatic rings. The molecule has 0 aliphatic heterocycles. The predicted octanol–water partition coefficient (Wildman–Crippen LogP) is 4.00. The van der Waals surface area contributed by atoms with Crippen molar-refractivity contribution in [2.75, 3.05) is 5.32 Å². The van der Waals surface area contributed by atoms with Crippen LogP contribution in [0.1, 0.15) is 62.3 Å². The monoisotopic (exact) mass is 357 g/mol. The van der Waals surface area contributed by atoms with E-state index in [0.717, 1.165) is 27.0 Å². The van der Waals surface area contributed by atoms with Gasteiger partial charge in [-0.15, -0.1) is 10.2 Å². The van der Waals surface area contributed by atoms with Crippen molar-refractivity contribution < 1.29 is 4.79 Å². The fraction of sp³-hybridized carbons (Fsp3) is 0.444. The Balaban J connectivity index is 1.65. The van der Waals surface area contributed by atoms with Crippen LogP contribution in [0, 0.1) is 0 Å². The van der Waals surface area contributed by atoms with Crippen molar-refractivity contribution in [3.63, 3.8) is 0 Å². The zero-order valence-corrected chi connectivity index (χ0v) is 15.8. The SMILES string of the molecule is CC(C)c1ccccc1NC(=O)CCc1nn2c(C(C)C)nnc2s1. The Morgan fingerprint density at radius 1 is 1.16 bits per heavy atom. The third-order valence-electron chi connectivity index (χ3n) is 4.00. The number of nitrogens with one attached hydrogen (secondary N) is 1. The summed E-state index contributed by atoms with van der Waals surface area (Å²) in [6.45, 7) is 8.37. The van der Waals surface area contributed by atoms with Gasteiger partial charge in [-0.05, 0) is 17.5 Å². The van der Waals surface area contributed by atoms with Crippen LogP contribution in [-0.2, 0) is 11.2 Å². The number of para-hydroxylation sites is 1. The summed E-state index contributed by atoms with van der Waals surface area (Å²) in [5.41, 5.74) is 2.04. The summed E-state index contributed by atoms with van der Waals surface area (Å²) in [4.78, 5) is 13.1. The minimum absolute atomic E-state index is 0.00292. The standard InChI is InChI=1S/C18H23N5OS/c1-11(2)13-7-5-6-8-14(13)19-15(24)9-10-16-22-23-17(12(3)4)20-21-18(23)25-16/h5-8,11-12H,9-10H2,1-4H3,(H,19,24). The fourth-order valence-electron chi connectivity index (χ4n) is 2.68. The van der Waals surface area contributed by atoms with E-state index in [1.54, 1.807) is 4.52 Å². The quantitative estimate of drug-likeness (QED) is 0.723. The molecule has 2 heterocycles. The third kappa shape index (κ3) is 3.87. The number of hydrogen-bond acceptors (Lipinski definition) is 5. The van der Waals surface area contributed by atoms with E-state index < -0.39 is 0 Å². The number of benzene rings is 1. The zero-order chi connectivity index (χ0) is 18.0. The summed E-state index contributed by atoms with van der Waals surface area (Å²) < 4.78 is 1.79. The summed E-state index contributed by atoms with van der Waals surface area (Å²) in [7, 11) is 0. The number of hydrogen-bond donors (Lipinski definition) is 1. The zero-order valence-electron chi connectivity index (χ0n) is 15.0. The van der Waals surface area contributed by atoms with Crippen molar-refractivity contribution in [1.29, 1.82) is 0 Å². The lowest BCUT2D eigenvalue weighted by atomic mass is 10.0. The highest BCUT2D eigenvalue weighted by Crippen LogP contribution is 2.24. The average molecular weight is 357 g/mol. The van der Waals surface area contributed by atoms with Crippen LogP contribution in [0.3, 0.4) is 0 Å². The number of anilines is 1. The molecule has 7 heteroatoms. The number of aryl methyl sites for hydroxylation is 1. The van der Waals surface area contributed by atoms with Gasteiger partial charge in [0.25, 0.3) is 0 Å². The molecule has 0 saturated heterocycles. The second kappa shape index (κ2) is 7.31. The summed E-state index contributed by atoms with van der Waals surface area (Å²) in [6.07, 6.45) is 0.995. The highest BCUT2D eigenvalue weighted by atomic mass is 32.1. The molecule has 0 bridgehead atoms. The van der Waals surface area contributed by atoms with Crippen LogP contribution in [-0.4, -0.2) is 25.7 Å². The smallest absolute Gasteiger partial charge is 0.234 e. The van der Waals surface area contributed by atoms with Crippen LogP contribution in [0.15, 0.2) is 24.3 Å². The van der Waals surface area contributed by atoms with Crippen LogP contribution in [0.2, 0.25) is 0 Å². The molecular weight excluding hydrogens is 334 g/mol. The number of carbonyl (C=O) groups is 1. The van der Waals surface area contributed by atoms with E-state index in [-0.39, 0.29) is 11.8 Å². The molecule has 25 heavy (non-hydrogen) atoms. The van der Waals surface area contributed by atoms with Gasteiger partial charge in [0.05, 0.1) is 0 Å². The van der Waals surface area contributed by atoms with Gasteiger partial charge in [0.2, 0.25) is 10.9 Å². The van der Waals surface area contributed by atoms with Crippen LogP contribution in [0.25, 0.3) is 4.96 Å². The molecule has 3 rings (SSSR count). The predicted molar refractivity (Wildman–Crippen MR) is 100 cm³/mol. The van der Waals surface area contributed by atoms with Gasteiger partial charge < -0.3 is 5.32 Å². The van der Waals surface area contributed by atoms with Crippen molar-refractivity contribution in [3.8, 4) is 0 Å². The van der Waals surface area contributed by atoms with Gasteiger partial charge in [-0.3, -0.25) is 4.79 Å². The second-order valence-corrected chi connectivity index (χ2v) is 7.73. The molecule has 6 nitrogen and oxygen atoms in total. The lowest BCUT2D eigenvalue weighted by Gasteiger charge is -2.13. The minimum Gasteiger partial charge on any atom is -0.326 e. The number of nitrogens with zero attached hydrogens (tertiary/aromatic N) is 4. The minimum atomic E-state index is 0.00292. The maximum Gasteiger partial charge on any atom is 0.234 e. The molecule has 1 amide bonds. The molecule has 0 saturated carbocycles.